The summed E-state index contributed by atoms with van der Waals surface area (Å²) in [6, 6.07) is 9.53. The first kappa shape index (κ1) is 15.5. The molecule has 1 aromatic carbocycles. The summed E-state index contributed by atoms with van der Waals surface area (Å²) >= 11 is 1.32. The number of rotatable bonds is 4. The summed E-state index contributed by atoms with van der Waals surface area (Å²) in [6.07, 6.45) is 1.08. The molecule has 0 radical (unpaired) electrons. The first-order valence-corrected chi connectivity index (χ1v) is 10.1. The number of hydrogen-bond acceptors (Lipinski definition) is 5. The van der Waals surface area contributed by atoms with Gasteiger partial charge in [0.15, 0.2) is 0 Å². The molecule has 1 aliphatic heterocycles. The monoisotopic (exact) mass is 352 g/mol. The van der Waals surface area contributed by atoms with E-state index in [1.807, 2.05) is 38.4 Å². The van der Waals surface area contributed by atoms with Crippen molar-refractivity contribution in [1.29, 1.82) is 0 Å². The van der Waals surface area contributed by atoms with Crippen LogP contribution in [0, 0.1) is 5.92 Å². The predicted molar refractivity (Wildman–Crippen MR) is 91.3 cm³/mol. The topological polar surface area (TPSA) is 58.6 Å². The normalized spacial score (nSPS) is 30.6. The Kier molecular flexibility index (Phi) is 3.73. The number of ether oxygens (including phenoxy) is 1. The number of thiophene rings is 1. The quantitative estimate of drug-likeness (QED) is 0.913. The molecule has 1 aromatic heterocycles. The van der Waals surface area contributed by atoms with Gasteiger partial charge in [0.25, 0.3) is 0 Å². The van der Waals surface area contributed by atoms with Gasteiger partial charge in [0.2, 0.25) is 10.0 Å². The summed E-state index contributed by atoms with van der Waals surface area (Å²) in [5.41, 5.74) is 0. The van der Waals surface area contributed by atoms with Crippen molar-refractivity contribution in [2.45, 2.75) is 28.8 Å². The van der Waals surface area contributed by atoms with Crippen molar-refractivity contribution in [3.05, 3.63) is 30.3 Å². The van der Waals surface area contributed by atoms with Gasteiger partial charge in [-0.3, -0.25) is 0 Å². The molecule has 0 spiro atoms. The van der Waals surface area contributed by atoms with Crippen LogP contribution >= 0.6 is 11.3 Å². The second-order valence-corrected chi connectivity index (χ2v) is 9.52. The van der Waals surface area contributed by atoms with Crippen molar-refractivity contribution in [2.75, 3.05) is 20.7 Å². The smallest absolute Gasteiger partial charge is 0.250 e. The van der Waals surface area contributed by atoms with E-state index in [9.17, 15) is 8.42 Å². The van der Waals surface area contributed by atoms with Gasteiger partial charge in [-0.15, -0.1) is 11.3 Å². The van der Waals surface area contributed by atoms with Crippen molar-refractivity contribution in [2.24, 2.45) is 5.92 Å². The van der Waals surface area contributed by atoms with Crippen molar-refractivity contribution < 1.29 is 13.2 Å². The maximum atomic E-state index is 12.8. The molecule has 5 nitrogen and oxygen atoms in total. The third-order valence-electron chi connectivity index (χ3n) is 4.90. The summed E-state index contributed by atoms with van der Waals surface area (Å²) in [7, 11) is 0.450. The molecule has 4 rings (SSSR count). The molecule has 2 aliphatic rings. The fourth-order valence-electron chi connectivity index (χ4n) is 3.78. The van der Waals surface area contributed by atoms with E-state index in [-0.39, 0.29) is 24.1 Å². The molecule has 2 aromatic rings. The van der Waals surface area contributed by atoms with Crippen molar-refractivity contribution in [3.8, 4) is 0 Å². The van der Waals surface area contributed by atoms with Crippen molar-refractivity contribution in [3.63, 3.8) is 0 Å². The first-order valence-electron chi connectivity index (χ1n) is 7.76. The van der Waals surface area contributed by atoms with Gasteiger partial charge in [-0.05, 0) is 38.0 Å². The van der Waals surface area contributed by atoms with Crippen molar-refractivity contribution >= 4 is 31.4 Å². The molecular formula is C16H20N2O3S2. The van der Waals surface area contributed by atoms with Crippen LogP contribution in [-0.4, -0.2) is 52.2 Å². The van der Waals surface area contributed by atoms with E-state index in [4.69, 9.17) is 4.74 Å². The largest absolute Gasteiger partial charge is 0.376 e. The lowest BCUT2D eigenvalue weighted by Crippen LogP contribution is -2.69. The zero-order valence-electron chi connectivity index (χ0n) is 13.1. The summed E-state index contributed by atoms with van der Waals surface area (Å²) < 4.78 is 35.7. The molecule has 0 bridgehead atoms. The van der Waals surface area contributed by atoms with E-state index >= 15 is 0 Å². The van der Waals surface area contributed by atoms with Crippen LogP contribution in [0.15, 0.2) is 34.5 Å². The van der Waals surface area contributed by atoms with Gasteiger partial charge in [0, 0.05) is 23.3 Å². The SMILES string of the molecule is CN(C)[C@@H]1[C@@H](NS(=O)(=O)c2cc3ccccc3s2)[C@H]2CCO[C@H]21. The number of nitrogens with zero attached hydrogens (tertiary/aromatic N) is 1. The van der Waals surface area contributed by atoms with Gasteiger partial charge < -0.3 is 9.64 Å². The Labute approximate surface area is 140 Å². The molecule has 0 unspecified atom stereocenters. The molecule has 1 saturated carbocycles. The minimum Gasteiger partial charge on any atom is -0.376 e. The third-order valence-corrected chi connectivity index (χ3v) is 7.95. The summed E-state index contributed by atoms with van der Waals surface area (Å²) in [4.78, 5) is 2.06. The molecule has 2 heterocycles. The number of hydrogen-bond donors (Lipinski definition) is 1. The summed E-state index contributed by atoms with van der Waals surface area (Å²) in [5.74, 6) is 0.284. The van der Waals surface area contributed by atoms with E-state index in [0.717, 1.165) is 23.1 Å². The van der Waals surface area contributed by atoms with Crippen LogP contribution < -0.4 is 4.72 Å². The molecule has 23 heavy (non-hydrogen) atoms. The zero-order chi connectivity index (χ0) is 16.2. The Morgan fingerprint density at radius 3 is 2.83 bits per heavy atom. The molecule has 0 amide bonds. The average Bonchev–Trinajstić information content (AvgIpc) is 3.09. The van der Waals surface area contributed by atoms with Gasteiger partial charge >= 0.3 is 0 Å². The van der Waals surface area contributed by atoms with Crippen LogP contribution in [-0.2, 0) is 14.8 Å². The highest BCUT2D eigenvalue weighted by molar-refractivity contribution is 7.91. The van der Waals surface area contributed by atoms with Crippen molar-refractivity contribution in [1.82, 2.24) is 9.62 Å². The van der Waals surface area contributed by atoms with E-state index in [1.54, 1.807) is 6.07 Å². The van der Waals surface area contributed by atoms with Crippen LogP contribution in [0.4, 0.5) is 0 Å². The summed E-state index contributed by atoms with van der Waals surface area (Å²) in [5, 5.41) is 0.970. The minimum absolute atomic E-state index is 0.0762. The Balaban J connectivity index is 1.61. The third kappa shape index (κ3) is 2.51. The van der Waals surface area contributed by atoms with Crippen LogP contribution in [0.5, 0.6) is 0 Å². The highest BCUT2D eigenvalue weighted by atomic mass is 32.2. The van der Waals surface area contributed by atoms with Crippen LogP contribution in [0.25, 0.3) is 10.1 Å². The lowest BCUT2D eigenvalue weighted by atomic mass is 9.71. The number of fused-ring (bicyclic) bond motifs is 2. The lowest BCUT2D eigenvalue weighted by Gasteiger charge is -2.50. The maximum Gasteiger partial charge on any atom is 0.250 e. The van der Waals surface area contributed by atoms with Gasteiger partial charge in [-0.1, -0.05) is 18.2 Å². The standard InChI is InChI=1S/C16H20N2O3S2/c1-18(2)15-14(11-7-8-21-16(11)15)17-23(19,20)13-9-10-5-3-4-6-12(10)22-13/h3-6,9,11,14-17H,7-8H2,1-2H3/t11-,14+,15-,16-/m1/s1. The maximum absolute atomic E-state index is 12.8. The number of nitrogens with one attached hydrogen (secondary N) is 1. The predicted octanol–water partition coefficient (Wildman–Crippen LogP) is 1.90. The Morgan fingerprint density at radius 2 is 2.09 bits per heavy atom. The van der Waals surface area contributed by atoms with Gasteiger partial charge in [0.05, 0.1) is 12.1 Å². The molecule has 7 heteroatoms. The van der Waals surface area contributed by atoms with Crippen LogP contribution in [0.1, 0.15) is 6.42 Å². The van der Waals surface area contributed by atoms with Crippen LogP contribution in [0.3, 0.4) is 0 Å². The fraction of sp³-hybridized carbons (Fsp3) is 0.500. The van der Waals surface area contributed by atoms with Gasteiger partial charge in [-0.25, -0.2) is 13.1 Å². The molecule has 124 valence electrons. The second-order valence-electron chi connectivity index (χ2n) is 6.49. The zero-order valence-corrected chi connectivity index (χ0v) is 14.7. The van der Waals surface area contributed by atoms with Crippen LogP contribution in [0.2, 0.25) is 0 Å². The molecule has 1 aliphatic carbocycles. The Morgan fingerprint density at radius 1 is 1.30 bits per heavy atom. The molecular weight excluding hydrogens is 332 g/mol. The average molecular weight is 352 g/mol. The van der Waals surface area contributed by atoms with Gasteiger partial charge in [0.1, 0.15) is 4.21 Å². The second kappa shape index (κ2) is 5.53. The highest BCUT2D eigenvalue weighted by Gasteiger charge is 2.56. The lowest BCUT2D eigenvalue weighted by molar-refractivity contribution is -0.0626. The van der Waals surface area contributed by atoms with Gasteiger partial charge in [-0.2, -0.15) is 0 Å². The van der Waals surface area contributed by atoms with E-state index in [1.165, 1.54) is 11.3 Å². The first-order chi connectivity index (χ1) is 11.0. The molecule has 1 saturated heterocycles. The molecule has 1 N–H and O–H groups in total. The molecule has 4 atom stereocenters. The van der Waals surface area contributed by atoms with E-state index in [0.29, 0.717) is 4.21 Å². The highest BCUT2D eigenvalue weighted by Crippen LogP contribution is 2.42. The Bertz CT molecular complexity index is 798. The van der Waals surface area contributed by atoms with E-state index < -0.39 is 10.0 Å². The number of likely N-dealkylation sites (N-methyl/N-ethyl adjacent to an activating group) is 1. The fourth-order valence-corrected chi connectivity index (χ4v) is 6.49. The van der Waals surface area contributed by atoms with E-state index in [2.05, 4.69) is 9.62 Å². The number of benzene rings is 1. The number of sulfonamides is 1. The Hall–Kier alpha value is -0.990. The minimum atomic E-state index is -3.50. The molecule has 2 fully saturated rings. The summed E-state index contributed by atoms with van der Waals surface area (Å²) in [6.45, 7) is 0.723.